The second-order valence-electron chi connectivity index (χ2n) is 5.89. The van der Waals surface area contributed by atoms with E-state index in [9.17, 15) is 4.79 Å². The lowest BCUT2D eigenvalue weighted by molar-refractivity contribution is 0.0999. The molecule has 0 radical (unpaired) electrons. The zero-order chi connectivity index (χ0) is 19.0. The zero-order valence-corrected chi connectivity index (χ0v) is 17.0. The van der Waals surface area contributed by atoms with E-state index in [1.165, 1.54) is 11.8 Å². The Morgan fingerprint density at radius 3 is 2.59 bits per heavy atom. The van der Waals surface area contributed by atoms with Gasteiger partial charge in [-0.1, -0.05) is 23.9 Å². The first kappa shape index (κ1) is 18.1. The molecule has 1 aliphatic carbocycles. The number of thioether (sulfide) groups is 1. The monoisotopic (exact) mass is 446 g/mol. The molecule has 0 saturated carbocycles. The third-order valence-electron chi connectivity index (χ3n) is 4.33. The van der Waals surface area contributed by atoms with Crippen molar-refractivity contribution in [1.82, 2.24) is 10.2 Å². The highest BCUT2D eigenvalue weighted by atomic mass is 79.9. The Hall–Kier alpha value is -2.32. The van der Waals surface area contributed by atoms with E-state index in [0.29, 0.717) is 34.6 Å². The molecule has 138 valence electrons. The minimum absolute atomic E-state index is 0.0246. The van der Waals surface area contributed by atoms with Crippen LogP contribution in [0.15, 0.2) is 50.5 Å². The Morgan fingerprint density at radius 1 is 1.11 bits per heavy atom. The number of ketones is 1. The molecule has 0 amide bonds. The summed E-state index contributed by atoms with van der Waals surface area (Å²) in [6.07, 6.45) is 0.575. The summed E-state index contributed by atoms with van der Waals surface area (Å²) in [6.45, 7) is 0. The minimum atomic E-state index is -0.315. The predicted octanol–water partition coefficient (Wildman–Crippen LogP) is 4.42. The summed E-state index contributed by atoms with van der Waals surface area (Å²) in [5.41, 5.74) is 2.39. The van der Waals surface area contributed by atoms with Crippen molar-refractivity contribution in [3.05, 3.63) is 52.0 Å². The number of aromatic nitrogens is 2. The van der Waals surface area contributed by atoms with Gasteiger partial charge in [-0.25, -0.2) is 0 Å². The van der Waals surface area contributed by atoms with Crippen LogP contribution in [0.3, 0.4) is 0 Å². The van der Waals surface area contributed by atoms with E-state index in [2.05, 4.69) is 26.1 Å². The molecule has 1 heterocycles. The number of benzene rings is 2. The highest BCUT2D eigenvalue weighted by Crippen LogP contribution is 2.40. The van der Waals surface area contributed by atoms with Gasteiger partial charge in [-0.15, -0.1) is 10.2 Å². The zero-order valence-electron chi connectivity index (χ0n) is 14.6. The number of nitrogens with zero attached hydrogens (tertiary/aromatic N) is 2. The normalized spacial score (nSPS) is 15.7. The van der Waals surface area contributed by atoms with E-state index >= 15 is 0 Å². The SMILES string of the molecule is COc1cc2c(cc1OC)C(=O)[C@@H](Sc1nnc(-c3ccccc3Br)o1)C2. The molecule has 0 unspecified atom stereocenters. The molecule has 0 bridgehead atoms. The van der Waals surface area contributed by atoms with Gasteiger partial charge in [0.2, 0.25) is 5.89 Å². The van der Waals surface area contributed by atoms with Crippen molar-refractivity contribution in [2.24, 2.45) is 0 Å². The second-order valence-corrected chi connectivity index (χ2v) is 7.90. The third kappa shape index (κ3) is 3.35. The van der Waals surface area contributed by atoms with Gasteiger partial charge in [-0.05, 0) is 52.2 Å². The Morgan fingerprint density at radius 2 is 1.85 bits per heavy atom. The number of carbonyl (C=O) groups is 1. The van der Waals surface area contributed by atoms with E-state index in [1.54, 1.807) is 20.3 Å². The lowest BCUT2D eigenvalue weighted by atomic mass is 10.1. The van der Waals surface area contributed by atoms with E-state index in [1.807, 2.05) is 30.3 Å². The summed E-state index contributed by atoms with van der Waals surface area (Å²) < 4.78 is 17.3. The van der Waals surface area contributed by atoms with E-state index in [0.717, 1.165) is 15.6 Å². The number of rotatable bonds is 5. The van der Waals surface area contributed by atoms with Crippen molar-refractivity contribution in [3.8, 4) is 23.0 Å². The Labute approximate surface area is 168 Å². The van der Waals surface area contributed by atoms with Gasteiger partial charge >= 0.3 is 0 Å². The Kier molecular flexibility index (Phi) is 4.92. The number of Topliss-reactive ketones (excluding diaryl/α,β-unsaturated/α-hetero) is 1. The molecular weight excluding hydrogens is 432 g/mol. The van der Waals surface area contributed by atoms with Crippen molar-refractivity contribution in [2.75, 3.05) is 14.2 Å². The quantitative estimate of drug-likeness (QED) is 0.574. The molecule has 3 aromatic rings. The first-order valence-corrected chi connectivity index (χ1v) is 9.82. The molecule has 1 aliphatic rings. The lowest BCUT2D eigenvalue weighted by Crippen LogP contribution is -2.11. The van der Waals surface area contributed by atoms with Crippen LogP contribution in [0.5, 0.6) is 11.5 Å². The lowest BCUT2D eigenvalue weighted by Gasteiger charge is -2.09. The summed E-state index contributed by atoms with van der Waals surface area (Å²) in [6, 6.07) is 11.2. The van der Waals surface area contributed by atoms with Gasteiger partial charge in [-0.3, -0.25) is 4.79 Å². The van der Waals surface area contributed by atoms with Gasteiger partial charge in [0.1, 0.15) is 0 Å². The molecule has 6 nitrogen and oxygen atoms in total. The molecule has 4 rings (SSSR count). The molecule has 2 aromatic carbocycles. The van der Waals surface area contributed by atoms with Crippen molar-refractivity contribution < 1.29 is 18.7 Å². The van der Waals surface area contributed by atoms with Crippen LogP contribution in [0, 0.1) is 0 Å². The molecule has 1 atom stereocenters. The summed E-state index contributed by atoms with van der Waals surface area (Å²) in [7, 11) is 3.13. The van der Waals surface area contributed by atoms with Crippen molar-refractivity contribution in [2.45, 2.75) is 16.9 Å². The van der Waals surface area contributed by atoms with Crippen molar-refractivity contribution in [3.63, 3.8) is 0 Å². The van der Waals surface area contributed by atoms with Gasteiger partial charge in [0.25, 0.3) is 5.22 Å². The van der Waals surface area contributed by atoms with E-state index in [-0.39, 0.29) is 11.0 Å². The fourth-order valence-corrected chi connectivity index (χ4v) is 4.41. The van der Waals surface area contributed by atoms with Crippen LogP contribution in [0.4, 0.5) is 0 Å². The Balaban J connectivity index is 1.56. The predicted molar refractivity (Wildman–Crippen MR) is 105 cm³/mol. The average Bonchev–Trinajstić information content (AvgIpc) is 3.26. The summed E-state index contributed by atoms with van der Waals surface area (Å²) in [4.78, 5) is 12.8. The van der Waals surface area contributed by atoms with Gasteiger partial charge in [0.15, 0.2) is 17.3 Å². The maximum absolute atomic E-state index is 12.8. The van der Waals surface area contributed by atoms with Gasteiger partial charge in [0.05, 0.1) is 25.0 Å². The van der Waals surface area contributed by atoms with Crippen LogP contribution in [-0.2, 0) is 6.42 Å². The molecule has 0 saturated heterocycles. The maximum atomic E-state index is 12.8. The highest BCUT2D eigenvalue weighted by molar-refractivity contribution is 9.10. The number of methoxy groups -OCH3 is 2. The van der Waals surface area contributed by atoms with E-state index in [4.69, 9.17) is 13.9 Å². The number of hydrogen-bond donors (Lipinski definition) is 0. The van der Waals surface area contributed by atoms with Crippen LogP contribution < -0.4 is 9.47 Å². The second kappa shape index (κ2) is 7.36. The number of halogens is 1. The molecular formula is C19H15BrN2O4S. The fraction of sp³-hybridized carbons (Fsp3) is 0.211. The third-order valence-corrected chi connectivity index (χ3v) is 6.05. The van der Waals surface area contributed by atoms with Gasteiger partial charge in [-0.2, -0.15) is 0 Å². The molecule has 8 heteroatoms. The molecule has 0 aliphatic heterocycles. The molecule has 0 N–H and O–H groups in total. The topological polar surface area (TPSA) is 74.5 Å². The average molecular weight is 447 g/mol. The summed E-state index contributed by atoms with van der Waals surface area (Å²) in [5, 5.41) is 8.24. The van der Waals surface area contributed by atoms with Gasteiger partial charge in [0, 0.05) is 10.0 Å². The summed E-state index contributed by atoms with van der Waals surface area (Å²) >= 11 is 4.75. The van der Waals surface area contributed by atoms with Crippen molar-refractivity contribution >= 4 is 33.5 Å². The standard InChI is InChI=1S/C19H15BrN2O4S/c1-24-14-7-10-8-16(17(23)12(10)9-15(14)25-2)27-19-22-21-18(26-19)11-5-3-4-6-13(11)20/h3-7,9,16H,8H2,1-2H3/t16-/m0/s1. The van der Waals surface area contributed by atoms with Crippen LogP contribution in [0.1, 0.15) is 15.9 Å². The largest absolute Gasteiger partial charge is 0.493 e. The molecule has 0 spiro atoms. The number of fused-ring (bicyclic) bond motifs is 1. The smallest absolute Gasteiger partial charge is 0.277 e. The van der Waals surface area contributed by atoms with E-state index < -0.39 is 0 Å². The summed E-state index contributed by atoms with van der Waals surface area (Å²) in [5.74, 6) is 1.60. The Bertz CT molecular complexity index is 1020. The number of ether oxygens (including phenoxy) is 2. The first-order chi connectivity index (χ1) is 13.1. The van der Waals surface area contributed by atoms with Crippen molar-refractivity contribution in [1.29, 1.82) is 0 Å². The maximum Gasteiger partial charge on any atom is 0.277 e. The molecule has 1 aromatic heterocycles. The minimum Gasteiger partial charge on any atom is -0.493 e. The van der Waals surface area contributed by atoms with Crippen LogP contribution >= 0.6 is 27.7 Å². The van der Waals surface area contributed by atoms with Gasteiger partial charge < -0.3 is 13.9 Å². The van der Waals surface area contributed by atoms with Crippen LogP contribution in [-0.4, -0.2) is 35.5 Å². The van der Waals surface area contributed by atoms with Crippen LogP contribution in [0.25, 0.3) is 11.5 Å². The molecule has 0 fully saturated rings. The number of hydrogen-bond acceptors (Lipinski definition) is 7. The van der Waals surface area contributed by atoms with Crippen LogP contribution in [0.2, 0.25) is 0 Å². The fourth-order valence-electron chi connectivity index (χ4n) is 3.00. The first-order valence-electron chi connectivity index (χ1n) is 8.15. The number of carbonyl (C=O) groups excluding carboxylic acids is 1. The highest BCUT2D eigenvalue weighted by Gasteiger charge is 2.34. The molecule has 27 heavy (non-hydrogen) atoms.